The Labute approximate surface area is 93.6 Å². The van der Waals surface area contributed by atoms with Gasteiger partial charge in [-0.1, -0.05) is 30.3 Å². The van der Waals surface area contributed by atoms with Crippen LogP contribution >= 0.6 is 0 Å². The van der Waals surface area contributed by atoms with Gasteiger partial charge in [0.05, 0.1) is 0 Å². The van der Waals surface area contributed by atoms with E-state index in [1.807, 2.05) is 6.07 Å². The number of nitrogens with one attached hydrogen (secondary N) is 1. The average Bonchev–Trinajstić information content (AvgIpc) is 2.27. The van der Waals surface area contributed by atoms with Gasteiger partial charge in [0.2, 0.25) is 0 Å². The van der Waals surface area contributed by atoms with E-state index in [9.17, 15) is 9.59 Å². The zero-order valence-electron chi connectivity index (χ0n) is 8.93. The lowest BCUT2D eigenvalue weighted by Crippen LogP contribution is -2.21. The number of hydrogen-bond donors (Lipinski definition) is 2. The highest BCUT2D eigenvalue weighted by molar-refractivity contribution is 6.04. The van der Waals surface area contributed by atoms with Crippen molar-refractivity contribution >= 4 is 11.8 Å². The minimum absolute atomic E-state index is 0.143. The molecule has 0 aliphatic heterocycles. The molecule has 0 bridgehead atoms. The maximum absolute atomic E-state index is 11.6. The van der Waals surface area contributed by atoms with E-state index < -0.39 is 5.97 Å². The van der Waals surface area contributed by atoms with E-state index in [4.69, 9.17) is 5.11 Å². The van der Waals surface area contributed by atoms with Crippen molar-refractivity contribution in [2.24, 2.45) is 0 Å². The number of hydrogen-bond acceptors (Lipinski definition) is 3. The lowest BCUT2D eigenvalue weighted by molar-refractivity contribution is -0.135. The zero-order valence-corrected chi connectivity index (χ0v) is 8.93. The van der Waals surface area contributed by atoms with Crippen LogP contribution in [0, 0.1) is 0 Å². The summed E-state index contributed by atoms with van der Waals surface area (Å²) in [5.41, 5.74) is 1.12. The number of carboxylic acid groups (broad SMARTS) is 1. The summed E-state index contributed by atoms with van der Waals surface area (Å²) in [6, 6.07) is 8.81. The van der Waals surface area contributed by atoms with Crippen molar-refractivity contribution in [1.82, 2.24) is 5.32 Å². The predicted octanol–water partition coefficient (Wildman–Crippen LogP) is 1.45. The highest BCUT2D eigenvalue weighted by Gasteiger charge is 2.02. The molecule has 16 heavy (non-hydrogen) atoms. The van der Waals surface area contributed by atoms with Crippen molar-refractivity contribution in [3.8, 4) is 0 Å². The molecule has 1 aromatic rings. The Morgan fingerprint density at radius 1 is 1.31 bits per heavy atom. The standard InChI is InChI=1S/C12H13NO3/c1-9(13-8-12(15)16)7-11(14)10-5-3-2-4-6-10/h2-7,13H,8H2,1H3,(H,15,16)/b9-7-. The molecule has 84 valence electrons. The number of carboxylic acids is 1. The maximum atomic E-state index is 11.6. The fourth-order valence-electron chi connectivity index (χ4n) is 1.15. The van der Waals surface area contributed by atoms with Crippen LogP contribution in [0.4, 0.5) is 0 Å². The molecule has 1 aromatic carbocycles. The Hall–Kier alpha value is -2.10. The average molecular weight is 219 g/mol. The number of ketones is 1. The summed E-state index contributed by atoms with van der Waals surface area (Å²) < 4.78 is 0. The van der Waals surface area contributed by atoms with Crippen LogP contribution in [-0.4, -0.2) is 23.4 Å². The second kappa shape index (κ2) is 5.70. The van der Waals surface area contributed by atoms with Gasteiger partial charge in [-0.15, -0.1) is 0 Å². The molecular formula is C12H13NO3. The number of carbonyl (C=O) groups excluding carboxylic acids is 1. The van der Waals surface area contributed by atoms with Gasteiger partial charge in [0.1, 0.15) is 6.54 Å². The normalized spacial score (nSPS) is 10.9. The first kappa shape index (κ1) is 12.0. The third-order valence-corrected chi connectivity index (χ3v) is 1.92. The molecule has 0 fully saturated rings. The number of carbonyl (C=O) groups is 2. The molecule has 0 radical (unpaired) electrons. The summed E-state index contributed by atoms with van der Waals surface area (Å²) in [6.07, 6.45) is 1.39. The zero-order chi connectivity index (χ0) is 12.0. The number of allylic oxidation sites excluding steroid dienone is 2. The minimum atomic E-state index is -0.958. The molecule has 2 N–H and O–H groups in total. The molecule has 1 rings (SSSR count). The van der Waals surface area contributed by atoms with Crippen LogP contribution in [0.2, 0.25) is 0 Å². The third kappa shape index (κ3) is 3.96. The van der Waals surface area contributed by atoms with E-state index in [2.05, 4.69) is 5.32 Å². The highest BCUT2D eigenvalue weighted by atomic mass is 16.4. The Bertz CT molecular complexity index is 410. The van der Waals surface area contributed by atoms with Gasteiger partial charge in [-0.3, -0.25) is 9.59 Å². The molecule has 0 amide bonds. The molecule has 0 atom stereocenters. The molecule has 0 unspecified atom stereocenters. The number of aliphatic carboxylic acids is 1. The second-order valence-corrected chi connectivity index (χ2v) is 3.30. The van der Waals surface area contributed by atoms with Crippen LogP contribution in [0.25, 0.3) is 0 Å². The summed E-state index contributed by atoms with van der Waals surface area (Å²) in [7, 11) is 0. The highest BCUT2D eigenvalue weighted by Crippen LogP contribution is 2.02. The summed E-state index contributed by atoms with van der Waals surface area (Å²) in [5.74, 6) is -1.10. The number of rotatable bonds is 5. The van der Waals surface area contributed by atoms with E-state index in [0.717, 1.165) is 0 Å². The van der Waals surface area contributed by atoms with Crippen LogP contribution in [0.3, 0.4) is 0 Å². The Kier molecular flexibility index (Phi) is 4.27. The van der Waals surface area contributed by atoms with Gasteiger partial charge in [-0.05, 0) is 6.92 Å². The van der Waals surface area contributed by atoms with E-state index >= 15 is 0 Å². The van der Waals surface area contributed by atoms with Gasteiger partial charge in [0.15, 0.2) is 5.78 Å². The lowest BCUT2D eigenvalue weighted by atomic mass is 10.1. The summed E-state index contributed by atoms with van der Waals surface area (Å²) in [4.78, 5) is 21.9. The van der Waals surface area contributed by atoms with Crippen LogP contribution < -0.4 is 5.32 Å². The molecule has 0 aromatic heterocycles. The topological polar surface area (TPSA) is 66.4 Å². The van der Waals surface area contributed by atoms with E-state index in [0.29, 0.717) is 11.3 Å². The molecule has 0 aliphatic rings. The first-order valence-corrected chi connectivity index (χ1v) is 4.83. The Morgan fingerprint density at radius 2 is 1.94 bits per heavy atom. The van der Waals surface area contributed by atoms with Gasteiger partial charge < -0.3 is 10.4 Å². The second-order valence-electron chi connectivity index (χ2n) is 3.30. The number of benzene rings is 1. The third-order valence-electron chi connectivity index (χ3n) is 1.92. The first-order valence-electron chi connectivity index (χ1n) is 4.83. The monoisotopic (exact) mass is 219 g/mol. The summed E-state index contributed by atoms with van der Waals surface area (Å²) in [6.45, 7) is 1.47. The lowest BCUT2D eigenvalue weighted by Gasteiger charge is -2.02. The molecule has 4 nitrogen and oxygen atoms in total. The van der Waals surface area contributed by atoms with Gasteiger partial charge >= 0.3 is 5.97 Å². The molecule has 0 saturated heterocycles. The smallest absolute Gasteiger partial charge is 0.322 e. The molecule has 0 spiro atoms. The largest absolute Gasteiger partial charge is 0.480 e. The Balaban J connectivity index is 2.62. The van der Waals surface area contributed by atoms with E-state index in [1.165, 1.54) is 6.08 Å². The van der Waals surface area contributed by atoms with E-state index in [1.54, 1.807) is 31.2 Å². The molecular weight excluding hydrogens is 206 g/mol. The predicted molar refractivity (Wildman–Crippen MR) is 60.2 cm³/mol. The van der Waals surface area contributed by atoms with E-state index in [-0.39, 0.29) is 12.3 Å². The Morgan fingerprint density at radius 3 is 2.50 bits per heavy atom. The van der Waals surface area contributed by atoms with Gasteiger partial charge in [-0.25, -0.2) is 0 Å². The van der Waals surface area contributed by atoms with Gasteiger partial charge in [0.25, 0.3) is 0 Å². The van der Waals surface area contributed by atoms with Crippen molar-refractivity contribution in [2.45, 2.75) is 6.92 Å². The summed E-state index contributed by atoms with van der Waals surface area (Å²) in [5, 5.41) is 11.1. The van der Waals surface area contributed by atoms with Gasteiger partial charge in [-0.2, -0.15) is 0 Å². The maximum Gasteiger partial charge on any atom is 0.322 e. The molecule has 4 heteroatoms. The minimum Gasteiger partial charge on any atom is -0.480 e. The molecule has 0 aliphatic carbocycles. The SMILES string of the molecule is C/C(=C/C(=O)c1ccccc1)NCC(=O)O. The fourth-order valence-corrected chi connectivity index (χ4v) is 1.15. The van der Waals surface area contributed by atoms with Crippen LogP contribution in [0.5, 0.6) is 0 Å². The quantitative estimate of drug-likeness (QED) is 0.581. The van der Waals surface area contributed by atoms with Gasteiger partial charge in [0, 0.05) is 17.3 Å². The molecule has 0 heterocycles. The van der Waals surface area contributed by atoms with Crippen molar-refractivity contribution < 1.29 is 14.7 Å². The van der Waals surface area contributed by atoms with Crippen LogP contribution in [0.1, 0.15) is 17.3 Å². The van der Waals surface area contributed by atoms with Crippen molar-refractivity contribution in [2.75, 3.05) is 6.54 Å². The first-order chi connectivity index (χ1) is 7.59. The summed E-state index contributed by atoms with van der Waals surface area (Å²) >= 11 is 0. The fraction of sp³-hybridized carbons (Fsp3) is 0.167. The van der Waals surface area contributed by atoms with Crippen molar-refractivity contribution in [3.05, 3.63) is 47.7 Å². The van der Waals surface area contributed by atoms with Crippen molar-refractivity contribution in [1.29, 1.82) is 0 Å². The van der Waals surface area contributed by atoms with Crippen molar-refractivity contribution in [3.63, 3.8) is 0 Å². The molecule has 0 saturated carbocycles. The van der Waals surface area contributed by atoms with Crippen LogP contribution in [-0.2, 0) is 4.79 Å². The van der Waals surface area contributed by atoms with Crippen LogP contribution in [0.15, 0.2) is 42.1 Å².